The van der Waals surface area contributed by atoms with Gasteiger partial charge in [-0.15, -0.1) is 0 Å². The van der Waals surface area contributed by atoms with Crippen LogP contribution >= 0.6 is 0 Å². The van der Waals surface area contributed by atoms with Gasteiger partial charge in [0.25, 0.3) is 10.1 Å². The summed E-state index contributed by atoms with van der Waals surface area (Å²) in [5.74, 6) is 0. The van der Waals surface area contributed by atoms with Crippen molar-refractivity contribution in [3.8, 4) is 0 Å². The molecule has 88 valence electrons. The van der Waals surface area contributed by atoms with Gasteiger partial charge in [0.15, 0.2) is 0 Å². The second-order valence-corrected chi connectivity index (χ2v) is 3.92. The molecule has 0 atom stereocenters. The molecule has 1 N–H and O–H groups in total. The van der Waals surface area contributed by atoms with Crippen LogP contribution in [0, 0.1) is 0 Å². The van der Waals surface area contributed by atoms with E-state index in [0.29, 0.717) is 0 Å². The zero-order valence-corrected chi connectivity index (χ0v) is 10.6. The first-order valence-electron chi connectivity index (χ1n) is 5.04. The molecule has 0 fully saturated rings. The first-order valence-corrected chi connectivity index (χ1v) is 6.48. The Hall–Kier alpha value is -0.870. The minimum atomic E-state index is -4.00. The molecular formula is C11H20O3S. The Balaban J connectivity index is 0. The Morgan fingerprint density at radius 3 is 1.60 bits per heavy atom. The van der Waals surface area contributed by atoms with Crippen LogP contribution in [0.3, 0.4) is 0 Å². The normalized spacial score (nSPS) is 9.13. The van der Waals surface area contributed by atoms with Gasteiger partial charge in [0.05, 0.1) is 4.90 Å². The fourth-order valence-electron chi connectivity index (χ4n) is 0.592. The van der Waals surface area contributed by atoms with Gasteiger partial charge >= 0.3 is 0 Å². The summed E-state index contributed by atoms with van der Waals surface area (Å²) in [4.78, 5) is -0.0741. The van der Waals surface area contributed by atoms with Crippen LogP contribution in [0.4, 0.5) is 0 Å². The summed E-state index contributed by atoms with van der Waals surface area (Å²) in [7, 11) is -4.00. The third kappa shape index (κ3) is 9.43. The molecule has 0 radical (unpaired) electrons. The summed E-state index contributed by atoms with van der Waals surface area (Å²) >= 11 is 0. The molecule has 0 bridgehead atoms. The Labute approximate surface area is 92.9 Å². The third-order valence-electron chi connectivity index (χ3n) is 1.04. The molecule has 0 spiro atoms. The van der Waals surface area contributed by atoms with Gasteiger partial charge in [0.2, 0.25) is 0 Å². The monoisotopic (exact) mass is 232 g/mol. The van der Waals surface area contributed by atoms with E-state index in [9.17, 15) is 8.42 Å². The molecule has 0 unspecified atom stereocenters. The molecule has 0 saturated heterocycles. The highest BCUT2D eigenvalue weighted by Crippen LogP contribution is 2.05. The summed E-state index contributed by atoms with van der Waals surface area (Å²) in [6.07, 6.45) is 1.25. The number of hydrogen-bond donors (Lipinski definition) is 1. The second kappa shape index (κ2) is 9.68. The lowest BCUT2D eigenvalue weighted by Gasteiger charge is -1.92. The van der Waals surface area contributed by atoms with E-state index in [1.807, 2.05) is 13.8 Å². The summed E-state index contributed by atoms with van der Waals surface area (Å²) in [6.45, 7) is 8.25. The van der Waals surface area contributed by atoms with Crippen LogP contribution < -0.4 is 0 Å². The predicted octanol–water partition coefficient (Wildman–Crippen LogP) is 3.38. The average molecular weight is 232 g/mol. The molecule has 1 aromatic carbocycles. The maximum atomic E-state index is 10.4. The highest BCUT2D eigenvalue weighted by atomic mass is 32.2. The fraction of sp³-hybridized carbons (Fsp3) is 0.455. The van der Waals surface area contributed by atoms with Crippen LogP contribution in [-0.4, -0.2) is 13.0 Å². The van der Waals surface area contributed by atoms with E-state index in [0.717, 1.165) is 0 Å². The largest absolute Gasteiger partial charge is 0.294 e. The first-order chi connectivity index (χ1) is 7.02. The van der Waals surface area contributed by atoms with Crippen LogP contribution in [0.15, 0.2) is 35.2 Å². The Bertz CT molecular complexity index is 317. The van der Waals surface area contributed by atoms with Gasteiger partial charge in [0, 0.05) is 0 Å². The topological polar surface area (TPSA) is 54.4 Å². The predicted molar refractivity (Wildman–Crippen MR) is 63.6 cm³/mol. The van der Waals surface area contributed by atoms with Gasteiger partial charge in [0.1, 0.15) is 0 Å². The van der Waals surface area contributed by atoms with Crippen LogP contribution in [0.1, 0.15) is 34.1 Å². The van der Waals surface area contributed by atoms with Gasteiger partial charge < -0.3 is 0 Å². The van der Waals surface area contributed by atoms with Crippen molar-refractivity contribution in [2.75, 3.05) is 0 Å². The fourth-order valence-corrected chi connectivity index (χ4v) is 1.09. The zero-order valence-electron chi connectivity index (χ0n) is 9.77. The maximum Gasteiger partial charge on any atom is 0.294 e. The highest BCUT2D eigenvalue weighted by molar-refractivity contribution is 7.85. The molecule has 0 aliphatic carbocycles. The SMILES string of the molecule is CC.CCC.O=S(=O)(O)c1ccccc1. The molecule has 0 aliphatic rings. The van der Waals surface area contributed by atoms with Crippen molar-refractivity contribution in [3.63, 3.8) is 0 Å². The Morgan fingerprint density at radius 2 is 1.40 bits per heavy atom. The molecule has 0 amide bonds. The Kier molecular flexibility index (Phi) is 10.7. The van der Waals surface area contributed by atoms with Crippen molar-refractivity contribution in [1.82, 2.24) is 0 Å². The van der Waals surface area contributed by atoms with E-state index in [-0.39, 0.29) is 4.90 Å². The van der Waals surface area contributed by atoms with E-state index in [1.165, 1.54) is 18.6 Å². The Morgan fingerprint density at radius 1 is 1.07 bits per heavy atom. The lowest BCUT2D eigenvalue weighted by molar-refractivity contribution is 0.483. The molecule has 0 aliphatic heterocycles. The van der Waals surface area contributed by atoms with Gasteiger partial charge in [-0.25, -0.2) is 0 Å². The summed E-state index contributed by atoms with van der Waals surface area (Å²) < 4.78 is 29.2. The molecule has 15 heavy (non-hydrogen) atoms. The van der Waals surface area contributed by atoms with Crippen molar-refractivity contribution >= 4 is 10.1 Å². The zero-order chi connectivity index (χ0) is 12.3. The lowest BCUT2D eigenvalue weighted by Crippen LogP contribution is -1.96. The smallest absolute Gasteiger partial charge is 0.282 e. The molecule has 1 rings (SSSR count). The van der Waals surface area contributed by atoms with Crippen molar-refractivity contribution in [1.29, 1.82) is 0 Å². The van der Waals surface area contributed by atoms with Gasteiger partial charge in [-0.3, -0.25) is 4.55 Å². The van der Waals surface area contributed by atoms with E-state index in [2.05, 4.69) is 13.8 Å². The molecule has 1 aromatic rings. The molecule has 0 aromatic heterocycles. The van der Waals surface area contributed by atoms with Gasteiger partial charge in [-0.2, -0.15) is 8.42 Å². The van der Waals surface area contributed by atoms with E-state index in [4.69, 9.17) is 4.55 Å². The van der Waals surface area contributed by atoms with Crippen LogP contribution in [0.2, 0.25) is 0 Å². The molecule has 3 nitrogen and oxygen atoms in total. The number of hydrogen-bond acceptors (Lipinski definition) is 2. The van der Waals surface area contributed by atoms with E-state index < -0.39 is 10.1 Å². The van der Waals surface area contributed by atoms with Crippen molar-refractivity contribution in [2.24, 2.45) is 0 Å². The van der Waals surface area contributed by atoms with Gasteiger partial charge in [-0.05, 0) is 12.1 Å². The minimum Gasteiger partial charge on any atom is -0.282 e. The van der Waals surface area contributed by atoms with Crippen molar-refractivity contribution < 1.29 is 13.0 Å². The van der Waals surface area contributed by atoms with Crippen LogP contribution in [0.5, 0.6) is 0 Å². The number of rotatable bonds is 1. The van der Waals surface area contributed by atoms with Gasteiger partial charge in [-0.1, -0.05) is 52.3 Å². The minimum absolute atomic E-state index is 0.0741. The maximum absolute atomic E-state index is 10.4. The highest BCUT2D eigenvalue weighted by Gasteiger charge is 2.05. The van der Waals surface area contributed by atoms with Crippen LogP contribution in [-0.2, 0) is 10.1 Å². The average Bonchev–Trinajstić information content (AvgIpc) is 2.22. The van der Waals surface area contributed by atoms with Crippen molar-refractivity contribution in [2.45, 2.75) is 39.0 Å². The lowest BCUT2D eigenvalue weighted by atomic mass is 10.4. The summed E-state index contributed by atoms with van der Waals surface area (Å²) in [6, 6.07) is 7.42. The third-order valence-corrected chi connectivity index (χ3v) is 1.91. The van der Waals surface area contributed by atoms with E-state index >= 15 is 0 Å². The van der Waals surface area contributed by atoms with Crippen LogP contribution in [0.25, 0.3) is 0 Å². The molecule has 4 heteroatoms. The quantitative estimate of drug-likeness (QED) is 0.755. The second-order valence-electron chi connectivity index (χ2n) is 2.50. The number of benzene rings is 1. The molecule has 0 saturated carbocycles. The first kappa shape index (κ1) is 16.6. The summed E-state index contributed by atoms with van der Waals surface area (Å²) in [5.41, 5.74) is 0. The molecule has 0 heterocycles. The molecular weight excluding hydrogens is 212 g/mol. The van der Waals surface area contributed by atoms with Crippen molar-refractivity contribution in [3.05, 3.63) is 30.3 Å². The summed E-state index contributed by atoms with van der Waals surface area (Å²) in [5, 5.41) is 0. The van der Waals surface area contributed by atoms with E-state index in [1.54, 1.807) is 18.2 Å². The standard InChI is InChI=1S/C6H6O3S.C3H8.C2H6/c7-10(8,9)6-4-2-1-3-5-6;1-3-2;1-2/h1-5H,(H,7,8,9);3H2,1-2H3;1-2H3.